The zero-order valence-corrected chi connectivity index (χ0v) is 16.5. The molecule has 0 aliphatic heterocycles. The third-order valence-electron chi connectivity index (χ3n) is 3.72. The molecule has 3 nitrogen and oxygen atoms in total. The molecule has 2 aromatic carbocycles. The Bertz CT molecular complexity index is 606. The third-order valence-corrected chi connectivity index (χ3v) is 4.88. The van der Waals surface area contributed by atoms with E-state index in [4.69, 9.17) is 0 Å². The number of benzene rings is 2. The summed E-state index contributed by atoms with van der Waals surface area (Å²) in [5.74, 6) is 0. The molecule has 0 aliphatic carbocycles. The van der Waals surface area contributed by atoms with Gasteiger partial charge in [-0.3, -0.25) is 0 Å². The molecule has 0 bridgehead atoms. The fourth-order valence-electron chi connectivity index (χ4n) is 2.31. The summed E-state index contributed by atoms with van der Waals surface area (Å²) < 4.78 is 0. The van der Waals surface area contributed by atoms with E-state index in [0.717, 1.165) is 11.1 Å². The topological polar surface area (TPSA) is 60.7 Å². The molecule has 0 amide bonds. The van der Waals surface area contributed by atoms with Crippen LogP contribution >= 0.6 is 7.94 Å². The quantitative estimate of drug-likeness (QED) is 0.680. The molecule has 3 N–H and O–H groups in total. The Kier molecular flexibility index (Phi) is 6.72. The van der Waals surface area contributed by atoms with Crippen molar-refractivity contribution in [3.05, 3.63) is 65.7 Å². The summed E-state index contributed by atoms with van der Waals surface area (Å²) in [5, 5.41) is 0.281. The molecule has 0 aliphatic rings. The minimum atomic E-state index is -4.27. The molecule has 134 valence electrons. The first-order valence-electron chi connectivity index (χ1n) is 8.16. The van der Waals surface area contributed by atoms with E-state index in [-0.39, 0.29) is 16.1 Å². The van der Waals surface area contributed by atoms with E-state index < -0.39 is 7.94 Å². The van der Waals surface area contributed by atoms with Gasteiger partial charge in [0.2, 0.25) is 0 Å². The largest absolute Gasteiger partial charge is 0.0623 e. The van der Waals surface area contributed by atoms with Gasteiger partial charge in [-0.1, -0.05) is 36.4 Å². The van der Waals surface area contributed by atoms with Crippen LogP contribution in [-0.4, -0.2) is 14.7 Å². The molecule has 24 heavy (non-hydrogen) atoms. The van der Waals surface area contributed by atoms with Gasteiger partial charge in [0.1, 0.15) is 0 Å². The van der Waals surface area contributed by atoms with E-state index in [0.29, 0.717) is 0 Å². The molecule has 0 heterocycles. The molecule has 0 aromatic heterocycles. The summed E-state index contributed by atoms with van der Waals surface area (Å²) >= 11 is 0. The second-order valence-corrected chi connectivity index (χ2v) is 9.86. The van der Waals surface area contributed by atoms with Crippen LogP contribution in [0.2, 0.25) is 0 Å². The van der Waals surface area contributed by atoms with Crippen molar-refractivity contribution in [1.82, 2.24) is 0 Å². The average molecular weight is 350 g/mol. The van der Waals surface area contributed by atoms with Crippen LogP contribution in [0.5, 0.6) is 0 Å². The molecule has 0 radical (unpaired) electrons. The Morgan fingerprint density at radius 3 is 1.38 bits per heavy atom. The molecule has 2 rings (SSSR count). The van der Waals surface area contributed by atoms with Crippen LogP contribution in [0.4, 0.5) is 0 Å². The van der Waals surface area contributed by atoms with Crippen LogP contribution in [0.25, 0.3) is 0 Å². The first-order chi connectivity index (χ1) is 10.8. The van der Waals surface area contributed by atoms with Gasteiger partial charge in [-0.05, 0) is 0 Å². The Morgan fingerprint density at radius 2 is 1.08 bits per heavy atom. The number of rotatable bonds is 1. The van der Waals surface area contributed by atoms with Crippen LogP contribution in [0, 0.1) is 0 Å². The zero-order valence-electron chi connectivity index (χ0n) is 15.5. The molecule has 2 aromatic rings. The van der Waals surface area contributed by atoms with Crippen LogP contribution < -0.4 is 5.30 Å². The summed E-state index contributed by atoms with van der Waals surface area (Å²) in [7, 11) is -4.27. The molecule has 0 atom stereocenters. The van der Waals surface area contributed by atoms with Gasteiger partial charge < -0.3 is 0 Å². The van der Waals surface area contributed by atoms with Crippen molar-refractivity contribution >= 4 is 13.2 Å². The Hall–Kier alpha value is -1.25. The molecule has 0 unspecified atom stereocenters. The maximum Gasteiger partial charge on any atom is -0.0623 e. The fraction of sp³-hybridized carbons (Fsp3) is 0.400. The van der Waals surface area contributed by atoms with Crippen LogP contribution in [0.1, 0.15) is 52.7 Å². The van der Waals surface area contributed by atoms with Gasteiger partial charge in [0.15, 0.2) is 0 Å². The predicted octanol–water partition coefficient (Wildman–Crippen LogP) is 4.07. The van der Waals surface area contributed by atoms with E-state index in [2.05, 4.69) is 20.8 Å². The maximum atomic E-state index is 9.58. The van der Waals surface area contributed by atoms with Crippen LogP contribution in [0.3, 0.4) is 0 Å². The van der Waals surface area contributed by atoms with Crippen molar-refractivity contribution in [2.75, 3.05) is 0 Å². The van der Waals surface area contributed by atoms with Crippen molar-refractivity contribution in [3.8, 4) is 0 Å². The van der Waals surface area contributed by atoms with Gasteiger partial charge in [-0.25, -0.2) is 0 Å². The molecular formula is C20H31O3P. The van der Waals surface area contributed by atoms with Gasteiger partial charge in [0.25, 0.3) is 0 Å². The van der Waals surface area contributed by atoms with Crippen molar-refractivity contribution in [1.29, 1.82) is 0 Å². The second kappa shape index (κ2) is 7.76. The minimum Gasteiger partial charge on any atom is -0.0623 e. The molecule has 0 saturated carbocycles. The predicted molar refractivity (Wildman–Crippen MR) is 105 cm³/mol. The molecule has 0 fully saturated rings. The van der Waals surface area contributed by atoms with Gasteiger partial charge >= 0.3 is 110 Å². The first kappa shape index (κ1) is 20.8. The Labute approximate surface area is 146 Å². The van der Waals surface area contributed by atoms with E-state index in [1.165, 1.54) is 0 Å². The maximum absolute atomic E-state index is 9.58. The van der Waals surface area contributed by atoms with Crippen molar-refractivity contribution in [2.24, 2.45) is 0 Å². The van der Waals surface area contributed by atoms with Crippen molar-refractivity contribution in [3.63, 3.8) is 0 Å². The Balaban J connectivity index is 0.000000400. The monoisotopic (exact) mass is 350 g/mol. The van der Waals surface area contributed by atoms with Gasteiger partial charge in [0, 0.05) is 0 Å². The first-order valence-corrected chi connectivity index (χ1v) is 10.0. The smallest absolute Gasteiger partial charge is 0.0623 e. The van der Waals surface area contributed by atoms with Crippen LogP contribution in [-0.2, 0) is 10.8 Å². The number of hydrogen-bond acceptors (Lipinski definition) is 3. The van der Waals surface area contributed by atoms with Crippen molar-refractivity contribution in [2.45, 2.75) is 52.4 Å². The normalized spacial score (nSPS) is 13.0. The average Bonchev–Trinajstić information content (AvgIpc) is 2.46. The van der Waals surface area contributed by atoms with E-state index in [1.54, 1.807) is 6.07 Å². The Morgan fingerprint density at radius 1 is 0.667 bits per heavy atom. The number of hydrogen-bond donors (Lipinski definition) is 3. The second-order valence-electron chi connectivity index (χ2n) is 8.05. The third kappa shape index (κ3) is 6.33. The summed E-state index contributed by atoms with van der Waals surface area (Å²) in [6.07, 6.45) is 0. The minimum absolute atomic E-state index is 0.0108. The van der Waals surface area contributed by atoms with Crippen LogP contribution in [0.15, 0.2) is 54.6 Å². The molecule has 4 heteroatoms. The van der Waals surface area contributed by atoms with Gasteiger partial charge in [-0.2, -0.15) is 0 Å². The summed E-state index contributed by atoms with van der Waals surface area (Å²) in [6.45, 7) is 12.3. The molecular weight excluding hydrogens is 319 g/mol. The van der Waals surface area contributed by atoms with Gasteiger partial charge in [-0.15, -0.1) is 0 Å². The summed E-state index contributed by atoms with van der Waals surface area (Å²) in [6, 6.07) is 17.5. The van der Waals surface area contributed by atoms with Gasteiger partial charge in [0.05, 0.1) is 0 Å². The summed E-state index contributed by atoms with van der Waals surface area (Å²) in [4.78, 5) is 28.7. The standard InChI is InChI=1S/C14H25O3P.C6H6/c1-13(2,3)10-7-8-12(18(15,16)17)11(9-10)14(4,5)6;1-2-4-6-5-3-1/h7-9,15-18H,1-6H3;1-6H. The van der Waals surface area contributed by atoms with E-state index in [1.807, 2.05) is 69.3 Å². The zero-order chi connectivity index (χ0) is 18.6. The molecule has 0 saturated heterocycles. The fourth-order valence-corrected chi connectivity index (χ4v) is 3.42. The van der Waals surface area contributed by atoms with E-state index in [9.17, 15) is 14.7 Å². The molecule has 0 spiro atoms. The SMILES string of the molecule is CC(C)(C)c1ccc([PH](O)(O)O)c(C(C)(C)C)c1.c1ccccc1. The van der Waals surface area contributed by atoms with Crippen molar-refractivity contribution < 1.29 is 14.7 Å². The summed E-state index contributed by atoms with van der Waals surface area (Å²) in [5.41, 5.74) is 1.66. The van der Waals surface area contributed by atoms with E-state index >= 15 is 0 Å².